The minimum Gasteiger partial charge on any atom is -0.314 e. The lowest BCUT2D eigenvalue weighted by molar-refractivity contribution is -0.926. The molecule has 0 atom stereocenters. The minimum absolute atomic E-state index is 0.0786. The van der Waals surface area contributed by atoms with E-state index in [4.69, 9.17) is 12.2 Å². The monoisotopic (exact) mass is 393 g/mol. The molecule has 1 aromatic heterocycles. The molecule has 10 heteroatoms. The zero-order valence-electron chi connectivity index (χ0n) is 14.5. The van der Waals surface area contributed by atoms with Crippen LogP contribution in [0.3, 0.4) is 0 Å². The topological polar surface area (TPSA) is 88.4 Å². The van der Waals surface area contributed by atoms with Gasteiger partial charge in [0.25, 0.3) is 0 Å². The van der Waals surface area contributed by atoms with Gasteiger partial charge in [-0.05, 0) is 31.3 Å². The van der Waals surface area contributed by atoms with Crippen molar-refractivity contribution in [1.29, 1.82) is 5.26 Å². The van der Waals surface area contributed by atoms with E-state index >= 15 is 0 Å². The van der Waals surface area contributed by atoms with Crippen LogP contribution < -0.4 is 4.90 Å². The van der Waals surface area contributed by atoms with Crippen LogP contribution in [-0.4, -0.2) is 53.2 Å². The third-order valence-corrected chi connectivity index (χ3v) is 6.97. The van der Waals surface area contributed by atoms with Crippen LogP contribution in [-0.2, 0) is 23.2 Å². The van der Waals surface area contributed by atoms with Crippen LogP contribution in [0, 0.1) is 16.1 Å². The first-order valence-corrected chi connectivity index (χ1v) is 10.3. The summed E-state index contributed by atoms with van der Waals surface area (Å²) < 4.78 is 31.5. The molecule has 1 aliphatic heterocycles. The lowest BCUT2D eigenvalue weighted by atomic mass is 10.2. The molecule has 0 radical (unpaired) electrons. The predicted octanol–water partition coefficient (Wildman–Crippen LogP) is -0.147. The van der Waals surface area contributed by atoms with Crippen molar-refractivity contribution in [2.24, 2.45) is 0 Å². The normalized spacial score (nSPS) is 16.5. The zero-order chi connectivity index (χ0) is 18.7. The number of hydrogen-bond acceptors (Lipinski definition) is 5. The summed E-state index contributed by atoms with van der Waals surface area (Å²) in [6.07, 6.45) is 1.72. The first-order valence-electron chi connectivity index (χ1n) is 8.42. The van der Waals surface area contributed by atoms with Crippen molar-refractivity contribution < 1.29 is 13.3 Å². The molecule has 0 amide bonds. The third-order valence-electron chi connectivity index (χ3n) is 4.57. The summed E-state index contributed by atoms with van der Waals surface area (Å²) in [5.41, 5.74) is 0.179. The quantitative estimate of drug-likeness (QED) is 0.714. The highest BCUT2D eigenvalue weighted by Crippen LogP contribution is 2.19. The van der Waals surface area contributed by atoms with Gasteiger partial charge in [-0.25, -0.2) is 8.42 Å². The third kappa shape index (κ3) is 3.57. The molecule has 138 valence electrons. The van der Waals surface area contributed by atoms with Crippen LogP contribution in [0.1, 0.15) is 12.5 Å². The summed E-state index contributed by atoms with van der Waals surface area (Å²) in [5, 5.41) is 13.5. The lowest BCUT2D eigenvalue weighted by Gasteiger charge is -2.31. The van der Waals surface area contributed by atoms with Gasteiger partial charge in [-0.15, -0.1) is 0 Å². The van der Waals surface area contributed by atoms with Crippen molar-refractivity contribution in [2.45, 2.75) is 25.0 Å². The fourth-order valence-corrected chi connectivity index (χ4v) is 4.90. The molecule has 0 spiro atoms. The van der Waals surface area contributed by atoms with Crippen LogP contribution >= 0.6 is 12.2 Å². The van der Waals surface area contributed by atoms with Gasteiger partial charge in [0.2, 0.25) is 14.8 Å². The Hall–Kier alpha value is -2.06. The molecule has 8 nitrogen and oxygen atoms in total. The smallest absolute Gasteiger partial charge is 0.244 e. The van der Waals surface area contributed by atoms with E-state index in [9.17, 15) is 13.7 Å². The van der Waals surface area contributed by atoms with Gasteiger partial charge >= 0.3 is 0 Å². The molecule has 2 aromatic rings. The number of aromatic nitrogens is 3. The fraction of sp³-hybridized carbons (Fsp3) is 0.438. The molecule has 1 N–H and O–H groups in total. The number of nitrogens with one attached hydrogen (secondary N) is 1. The van der Waals surface area contributed by atoms with E-state index in [0.717, 1.165) is 6.54 Å². The van der Waals surface area contributed by atoms with E-state index in [1.165, 1.54) is 21.3 Å². The maximum atomic E-state index is 12.9. The Morgan fingerprint density at radius 1 is 1.31 bits per heavy atom. The molecule has 0 unspecified atom stereocenters. The van der Waals surface area contributed by atoms with Crippen molar-refractivity contribution >= 4 is 22.2 Å². The van der Waals surface area contributed by atoms with Gasteiger partial charge in [-0.2, -0.15) is 19.3 Å². The van der Waals surface area contributed by atoms with Gasteiger partial charge in [0.15, 0.2) is 6.67 Å². The van der Waals surface area contributed by atoms with Crippen molar-refractivity contribution in [1.82, 2.24) is 18.7 Å². The molecule has 1 aliphatic rings. The van der Waals surface area contributed by atoms with Crippen molar-refractivity contribution in [2.75, 3.05) is 26.2 Å². The number of nitrogens with zero attached hydrogens (tertiary/aromatic N) is 5. The highest BCUT2D eigenvalue weighted by Gasteiger charge is 2.32. The van der Waals surface area contributed by atoms with Crippen molar-refractivity contribution in [3.05, 3.63) is 40.9 Å². The number of aryl methyl sites for hydroxylation is 1. The summed E-state index contributed by atoms with van der Waals surface area (Å²) in [6.45, 7) is 5.53. The average molecular weight is 394 g/mol. The number of quaternary nitrogens is 1. The van der Waals surface area contributed by atoms with E-state index in [1.54, 1.807) is 23.1 Å². The average Bonchev–Trinajstić information content (AvgIpc) is 3.01. The Kier molecular flexibility index (Phi) is 5.52. The second-order valence-electron chi connectivity index (χ2n) is 6.12. The minimum atomic E-state index is -3.66. The van der Waals surface area contributed by atoms with Gasteiger partial charge in [-0.1, -0.05) is 12.1 Å². The number of sulfonamides is 1. The van der Waals surface area contributed by atoms with E-state index in [2.05, 4.69) is 5.10 Å². The highest BCUT2D eigenvalue weighted by molar-refractivity contribution is 7.89. The Balaban J connectivity index is 1.69. The molecule has 2 heterocycles. The predicted molar refractivity (Wildman–Crippen MR) is 97.3 cm³/mol. The van der Waals surface area contributed by atoms with Gasteiger partial charge in [-0.3, -0.25) is 0 Å². The summed E-state index contributed by atoms with van der Waals surface area (Å²) >= 11 is 5.38. The molecule has 0 saturated carbocycles. The number of benzene rings is 1. The summed E-state index contributed by atoms with van der Waals surface area (Å²) in [5.74, 6) is 0. The summed E-state index contributed by atoms with van der Waals surface area (Å²) in [4.78, 5) is 1.30. The molecule has 1 aromatic carbocycles. The number of piperazine rings is 1. The van der Waals surface area contributed by atoms with Crippen LogP contribution in [0.5, 0.6) is 0 Å². The molecule has 26 heavy (non-hydrogen) atoms. The highest BCUT2D eigenvalue weighted by atomic mass is 32.2. The second-order valence-corrected chi connectivity index (χ2v) is 8.39. The van der Waals surface area contributed by atoms with Crippen LogP contribution in [0.2, 0.25) is 0 Å². The van der Waals surface area contributed by atoms with Gasteiger partial charge in [0.1, 0.15) is 12.4 Å². The van der Waals surface area contributed by atoms with E-state index in [0.29, 0.717) is 37.6 Å². The SMILES string of the molecule is CCn1cnn(C[NH+]2CCN(S(=O)(=O)c3ccccc3C#N)CC2)c1=S. The molecular formula is C16H21N6O2S2+. The molecule has 0 bridgehead atoms. The molecule has 0 aliphatic carbocycles. The Bertz CT molecular complexity index is 981. The van der Waals surface area contributed by atoms with Crippen LogP contribution in [0.4, 0.5) is 0 Å². The lowest BCUT2D eigenvalue weighted by Crippen LogP contribution is -3.14. The number of rotatable bonds is 5. The van der Waals surface area contributed by atoms with Crippen molar-refractivity contribution in [3.8, 4) is 6.07 Å². The second kappa shape index (κ2) is 7.67. The van der Waals surface area contributed by atoms with E-state index in [1.807, 2.05) is 17.6 Å². The largest absolute Gasteiger partial charge is 0.314 e. The van der Waals surface area contributed by atoms with Crippen LogP contribution in [0.15, 0.2) is 35.5 Å². The standard InChI is InChI=1S/C16H20N6O2S2/c1-2-20-12-18-22(16(20)25)13-19-7-9-21(10-8-19)26(23,24)15-6-4-3-5-14(15)11-17/h3-6,12H,2,7-10,13H2,1H3/p+1. The zero-order valence-corrected chi connectivity index (χ0v) is 16.1. The maximum absolute atomic E-state index is 12.9. The number of hydrogen-bond donors (Lipinski definition) is 1. The maximum Gasteiger partial charge on any atom is 0.244 e. The molecule has 1 saturated heterocycles. The first-order chi connectivity index (χ1) is 12.5. The fourth-order valence-electron chi connectivity index (χ4n) is 3.03. The van der Waals surface area contributed by atoms with Crippen LogP contribution in [0.25, 0.3) is 0 Å². The van der Waals surface area contributed by atoms with E-state index < -0.39 is 10.0 Å². The summed E-state index contributed by atoms with van der Waals surface area (Å²) in [7, 11) is -3.66. The Morgan fingerprint density at radius 3 is 2.62 bits per heavy atom. The molecule has 1 fully saturated rings. The van der Waals surface area contributed by atoms with Gasteiger partial charge < -0.3 is 9.47 Å². The Morgan fingerprint density at radius 2 is 2.00 bits per heavy atom. The number of nitriles is 1. The molecule has 3 rings (SSSR count). The first kappa shape index (κ1) is 18.7. The van der Waals surface area contributed by atoms with Crippen molar-refractivity contribution in [3.63, 3.8) is 0 Å². The van der Waals surface area contributed by atoms with Gasteiger partial charge in [0.05, 0.1) is 36.6 Å². The Labute approximate surface area is 157 Å². The van der Waals surface area contributed by atoms with Gasteiger partial charge in [0, 0.05) is 6.54 Å². The van der Waals surface area contributed by atoms with E-state index in [-0.39, 0.29) is 10.5 Å². The summed E-state index contributed by atoms with van der Waals surface area (Å²) in [6, 6.07) is 8.28. The molecular weight excluding hydrogens is 372 g/mol.